The quantitative estimate of drug-likeness (QED) is 0.453. The van der Waals surface area contributed by atoms with Gasteiger partial charge >= 0.3 is 0 Å². The van der Waals surface area contributed by atoms with E-state index in [1.54, 1.807) is 12.1 Å². The van der Waals surface area contributed by atoms with Crippen LogP contribution in [0.2, 0.25) is 5.02 Å². The molecule has 31 heavy (non-hydrogen) atoms. The van der Waals surface area contributed by atoms with Crippen LogP contribution in [-0.4, -0.2) is 27.1 Å². The van der Waals surface area contributed by atoms with Crippen molar-refractivity contribution in [2.24, 2.45) is 0 Å². The van der Waals surface area contributed by atoms with E-state index >= 15 is 0 Å². The fourth-order valence-electron chi connectivity index (χ4n) is 2.79. The fraction of sp³-hybridized carbons (Fsp3) is 0.136. The Morgan fingerprint density at radius 3 is 2.45 bits per heavy atom. The molecule has 3 rings (SSSR count). The van der Waals surface area contributed by atoms with Gasteiger partial charge in [0.05, 0.1) is 17.6 Å². The molecule has 0 aromatic heterocycles. The Kier molecular flexibility index (Phi) is 7.59. The molecule has 0 spiro atoms. The van der Waals surface area contributed by atoms with E-state index in [1.807, 2.05) is 36.4 Å². The summed E-state index contributed by atoms with van der Waals surface area (Å²) in [6.07, 6.45) is 0.973. The average Bonchev–Trinajstić information content (AvgIpc) is 2.72. The average molecular weight is 479 g/mol. The molecule has 1 amide bonds. The molecule has 5 nitrogen and oxygen atoms in total. The third-order valence-electron chi connectivity index (χ3n) is 4.25. The number of nitrogens with zero attached hydrogens (tertiary/aromatic N) is 1. The van der Waals surface area contributed by atoms with Gasteiger partial charge in [0.25, 0.3) is 0 Å². The van der Waals surface area contributed by atoms with Gasteiger partial charge in [0.1, 0.15) is 12.4 Å². The van der Waals surface area contributed by atoms with Crippen LogP contribution in [0.3, 0.4) is 0 Å². The second kappa shape index (κ2) is 10.2. The van der Waals surface area contributed by atoms with Crippen LogP contribution in [0.15, 0.2) is 77.7 Å². The zero-order valence-corrected chi connectivity index (χ0v) is 19.0. The second-order valence-corrected chi connectivity index (χ2v) is 10.1. The molecule has 0 bridgehead atoms. The normalized spacial score (nSPS) is 11.2. The zero-order valence-electron chi connectivity index (χ0n) is 16.6. The van der Waals surface area contributed by atoms with Crippen LogP contribution >= 0.6 is 23.4 Å². The number of para-hydroxylation sites is 1. The van der Waals surface area contributed by atoms with Crippen molar-refractivity contribution < 1.29 is 17.6 Å². The first-order valence-electron chi connectivity index (χ1n) is 9.22. The minimum absolute atomic E-state index is 0.0862. The van der Waals surface area contributed by atoms with Crippen molar-refractivity contribution in [3.05, 3.63) is 89.2 Å². The summed E-state index contributed by atoms with van der Waals surface area (Å²) in [5.74, 6) is -0.451. The van der Waals surface area contributed by atoms with Crippen molar-refractivity contribution in [2.75, 3.05) is 22.4 Å². The number of halogens is 2. The van der Waals surface area contributed by atoms with Gasteiger partial charge in [-0.2, -0.15) is 0 Å². The molecule has 0 heterocycles. The molecule has 0 atom stereocenters. The van der Waals surface area contributed by atoms with Gasteiger partial charge in [0.15, 0.2) is 0 Å². The Balaban J connectivity index is 1.72. The van der Waals surface area contributed by atoms with Gasteiger partial charge in [-0.25, -0.2) is 12.8 Å². The molecule has 0 aliphatic rings. The smallest absolute Gasteiger partial charge is 0.245 e. The first kappa shape index (κ1) is 23.1. The number of benzene rings is 3. The fourth-order valence-corrected chi connectivity index (χ4v) is 4.73. The highest BCUT2D eigenvalue weighted by Gasteiger charge is 2.21. The van der Waals surface area contributed by atoms with Crippen LogP contribution in [0.25, 0.3) is 0 Å². The highest BCUT2D eigenvalue weighted by molar-refractivity contribution is 7.98. The lowest BCUT2D eigenvalue weighted by molar-refractivity contribution is -0.114. The Bertz CT molecular complexity index is 1170. The Morgan fingerprint density at radius 2 is 1.77 bits per heavy atom. The van der Waals surface area contributed by atoms with E-state index in [0.29, 0.717) is 16.5 Å². The molecule has 162 valence electrons. The molecule has 1 N–H and O–H groups in total. The van der Waals surface area contributed by atoms with Crippen LogP contribution in [0.1, 0.15) is 5.56 Å². The van der Waals surface area contributed by atoms with E-state index in [9.17, 15) is 17.6 Å². The van der Waals surface area contributed by atoms with E-state index in [0.717, 1.165) is 27.1 Å². The maximum absolute atomic E-state index is 13.6. The first-order chi connectivity index (χ1) is 14.7. The number of carbonyl (C=O) groups is 1. The molecule has 0 unspecified atom stereocenters. The largest absolute Gasteiger partial charge is 0.323 e. The van der Waals surface area contributed by atoms with Gasteiger partial charge in [-0.15, -0.1) is 11.8 Å². The van der Waals surface area contributed by atoms with Crippen LogP contribution in [0, 0.1) is 5.82 Å². The highest BCUT2D eigenvalue weighted by atomic mass is 35.5. The van der Waals surface area contributed by atoms with Crippen molar-refractivity contribution in [1.82, 2.24) is 0 Å². The molecule has 0 aliphatic heterocycles. The molecular formula is C22H20ClFN2O3S2. The van der Waals surface area contributed by atoms with Crippen molar-refractivity contribution in [2.45, 2.75) is 10.6 Å². The molecule has 0 aliphatic carbocycles. The lowest BCUT2D eigenvalue weighted by Crippen LogP contribution is -2.37. The first-order valence-corrected chi connectivity index (χ1v) is 12.4. The van der Waals surface area contributed by atoms with Gasteiger partial charge in [0.2, 0.25) is 15.9 Å². The van der Waals surface area contributed by atoms with Gasteiger partial charge in [-0.05, 0) is 48.0 Å². The summed E-state index contributed by atoms with van der Waals surface area (Å²) in [7, 11) is -3.79. The van der Waals surface area contributed by atoms with Crippen molar-refractivity contribution in [3.8, 4) is 0 Å². The maximum Gasteiger partial charge on any atom is 0.245 e. The molecular weight excluding hydrogens is 459 g/mol. The summed E-state index contributed by atoms with van der Waals surface area (Å²) >= 11 is 7.45. The number of thioether (sulfide) groups is 1. The number of nitrogens with one attached hydrogen (secondary N) is 1. The zero-order chi connectivity index (χ0) is 22.4. The lowest BCUT2D eigenvalue weighted by Gasteiger charge is -2.22. The number of rotatable bonds is 8. The van der Waals surface area contributed by atoms with Crippen LogP contribution < -0.4 is 9.62 Å². The predicted octanol–water partition coefficient (Wildman–Crippen LogP) is 5.18. The monoisotopic (exact) mass is 478 g/mol. The minimum atomic E-state index is -3.79. The van der Waals surface area contributed by atoms with Gasteiger partial charge in [0, 0.05) is 15.7 Å². The Morgan fingerprint density at radius 1 is 1.06 bits per heavy atom. The van der Waals surface area contributed by atoms with Crippen molar-refractivity contribution in [1.29, 1.82) is 0 Å². The molecule has 9 heteroatoms. The summed E-state index contributed by atoms with van der Waals surface area (Å²) in [5.41, 5.74) is 1.73. The molecule has 0 fully saturated rings. The van der Waals surface area contributed by atoms with Gasteiger partial charge in [-0.1, -0.05) is 41.9 Å². The summed E-state index contributed by atoms with van der Waals surface area (Å²) < 4.78 is 38.8. The van der Waals surface area contributed by atoms with E-state index in [1.165, 1.54) is 30.0 Å². The molecule has 0 saturated heterocycles. The SMILES string of the molecule is CS(=O)(=O)N(CC(=O)Nc1ccccc1SCc1ccc(Cl)cc1)c1cccc(F)c1. The molecule has 3 aromatic rings. The summed E-state index contributed by atoms with van der Waals surface area (Å²) in [6.45, 7) is -0.474. The predicted molar refractivity (Wildman–Crippen MR) is 125 cm³/mol. The van der Waals surface area contributed by atoms with Crippen molar-refractivity contribution in [3.63, 3.8) is 0 Å². The topological polar surface area (TPSA) is 66.5 Å². The number of carbonyl (C=O) groups excluding carboxylic acids is 1. The number of hydrogen-bond acceptors (Lipinski definition) is 4. The lowest BCUT2D eigenvalue weighted by atomic mass is 10.2. The van der Waals surface area contributed by atoms with E-state index in [2.05, 4.69) is 5.32 Å². The van der Waals surface area contributed by atoms with Crippen LogP contribution in [-0.2, 0) is 20.6 Å². The third kappa shape index (κ3) is 6.72. The van der Waals surface area contributed by atoms with E-state index in [4.69, 9.17) is 11.6 Å². The Labute approximate surface area is 190 Å². The van der Waals surface area contributed by atoms with Gasteiger partial charge < -0.3 is 5.32 Å². The van der Waals surface area contributed by atoms with E-state index in [-0.39, 0.29) is 5.69 Å². The minimum Gasteiger partial charge on any atom is -0.323 e. The molecule has 0 saturated carbocycles. The standard InChI is InChI=1S/C22H20ClFN2O3S2/c1-31(28,29)26(19-6-4-5-18(24)13-19)14-22(27)25-20-7-2-3-8-21(20)30-15-16-9-11-17(23)12-10-16/h2-13H,14-15H2,1H3,(H,25,27). The second-order valence-electron chi connectivity index (χ2n) is 6.71. The summed E-state index contributed by atoms with van der Waals surface area (Å²) in [4.78, 5) is 13.5. The van der Waals surface area contributed by atoms with Gasteiger partial charge in [-0.3, -0.25) is 9.10 Å². The summed E-state index contributed by atoms with van der Waals surface area (Å²) in [6, 6.07) is 19.9. The summed E-state index contributed by atoms with van der Waals surface area (Å²) in [5, 5.41) is 3.42. The van der Waals surface area contributed by atoms with Crippen molar-refractivity contribution >= 4 is 50.7 Å². The third-order valence-corrected chi connectivity index (χ3v) is 6.79. The van der Waals surface area contributed by atoms with Crippen LogP contribution in [0.4, 0.5) is 15.8 Å². The number of hydrogen-bond donors (Lipinski definition) is 1. The number of amides is 1. The highest BCUT2D eigenvalue weighted by Crippen LogP contribution is 2.30. The number of anilines is 2. The Hall–Kier alpha value is -2.55. The van der Waals surface area contributed by atoms with E-state index < -0.39 is 28.3 Å². The molecule has 3 aromatic carbocycles. The van der Waals surface area contributed by atoms with Crippen LogP contribution in [0.5, 0.6) is 0 Å². The molecule has 0 radical (unpaired) electrons. The maximum atomic E-state index is 13.6. The number of sulfonamides is 1.